The summed E-state index contributed by atoms with van der Waals surface area (Å²) in [7, 11) is 0. The van der Waals surface area contributed by atoms with Gasteiger partial charge in [0.25, 0.3) is 0 Å². The number of anilines is 1. The molecule has 0 amide bonds. The molecule has 1 aromatic heterocycles. The molecule has 0 fully saturated rings. The summed E-state index contributed by atoms with van der Waals surface area (Å²) in [4.78, 5) is 0. The maximum atomic E-state index is 13.1. The summed E-state index contributed by atoms with van der Waals surface area (Å²) in [6, 6.07) is 6.69. The molecule has 2 aromatic rings. The van der Waals surface area contributed by atoms with Gasteiger partial charge < -0.3 is 5.32 Å². The highest BCUT2D eigenvalue weighted by atomic mass is 19.1. The van der Waals surface area contributed by atoms with Crippen molar-refractivity contribution in [3.8, 4) is 0 Å². The van der Waals surface area contributed by atoms with Crippen LogP contribution in [0.2, 0.25) is 0 Å². The Morgan fingerprint density at radius 3 is 2.88 bits per heavy atom. The fraction of sp³-hybridized carbons (Fsp3) is 0.250. The highest BCUT2D eigenvalue weighted by molar-refractivity contribution is 5.51. The molecule has 1 unspecified atom stereocenters. The summed E-state index contributed by atoms with van der Waals surface area (Å²) in [5, 5.41) is 10.0. The van der Waals surface area contributed by atoms with Crippen molar-refractivity contribution in [1.82, 2.24) is 10.2 Å². The van der Waals surface area contributed by atoms with E-state index in [1.54, 1.807) is 12.3 Å². The van der Waals surface area contributed by atoms with Gasteiger partial charge in [0.15, 0.2) is 0 Å². The lowest BCUT2D eigenvalue weighted by molar-refractivity contribution is 0.627. The van der Waals surface area contributed by atoms with Crippen molar-refractivity contribution in [2.75, 3.05) is 5.32 Å². The zero-order valence-electron chi connectivity index (χ0n) is 9.29. The molecule has 1 atom stereocenters. The Kier molecular flexibility index (Phi) is 2.90. The number of aryl methyl sites for hydroxylation is 1. The van der Waals surface area contributed by atoms with Crippen molar-refractivity contribution in [2.45, 2.75) is 19.9 Å². The Morgan fingerprint density at radius 2 is 2.19 bits per heavy atom. The van der Waals surface area contributed by atoms with Crippen LogP contribution in [-0.4, -0.2) is 10.2 Å². The second-order valence-corrected chi connectivity index (χ2v) is 3.84. The predicted molar refractivity (Wildman–Crippen MR) is 61.8 cm³/mol. The van der Waals surface area contributed by atoms with Gasteiger partial charge in [-0.1, -0.05) is 6.07 Å². The molecule has 0 aliphatic carbocycles. The molecule has 1 aromatic carbocycles. The second-order valence-electron chi connectivity index (χ2n) is 3.84. The van der Waals surface area contributed by atoms with Crippen LogP contribution in [0.15, 0.2) is 30.5 Å². The van der Waals surface area contributed by atoms with Crippen LogP contribution in [0.4, 0.5) is 10.1 Å². The van der Waals surface area contributed by atoms with Gasteiger partial charge in [-0.25, -0.2) is 4.39 Å². The lowest BCUT2D eigenvalue weighted by Gasteiger charge is -2.15. The average Bonchev–Trinajstić information content (AvgIpc) is 2.76. The average molecular weight is 219 g/mol. The van der Waals surface area contributed by atoms with Gasteiger partial charge in [0.2, 0.25) is 0 Å². The van der Waals surface area contributed by atoms with Crippen LogP contribution in [0.5, 0.6) is 0 Å². The zero-order valence-corrected chi connectivity index (χ0v) is 9.29. The van der Waals surface area contributed by atoms with Gasteiger partial charge in [0, 0.05) is 11.9 Å². The van der Waals surface area contributed by atoms with E-state index in [-0.39, 0.29) is 11.9 Å². The van der Waals surface area contributed by atoms with E-state index >= 15 is 0 Å². The van der Waals surface area contributed by atoms with Gasteiger partial charge in [0.1, 0.15) is 5.82 Å². The van der Waals surface area contributed by atoms with Crippen LogP contribution in [0.3, 0.4) is 0 Å². The number of rotatable bonds is 3. The minimum absolute atomic E-state index is 0.0722. The first-order valence-electron chi connectivity index (χ1n) is 5.19. The maximum absolute atomic E-state index is 13.1. The standard InChI is InChI=1S/C12H14FN3/c1-8-3-4-10(13)7-12(8)15-9(2)11-5-6-14-16-11/h3-7,9,15H,1-2H3,(H,14,16). The smallest absolute Gasteiger partial charge is 0.125 e. The first kappa shape index (κ1) is 10.7. The van der Waals surface area contributed by atoms with Gasteiger partial charge in [-0.15, -0.1) is 0 Å². The van der Waals surface area contributed by atoms with Crippen molar-refractivity contribution >= 4 is 5.69 Å². The summed E-state index contributed by atoms with van der Waals surface area (Å²) >= 11 is 0. The molecule has 4 heteroatoms. The summed E-state index contributed by atoms with van der Waals surface area (Å²) in [6.45, 7) is 3.94. The molecule has 0 aliphatic rings. The van der Waals surface area contributed by atoms with E-state index < -0.39 is 0 Å². The molecule has 2 N–H and O–H groups in total. The quantitative estimate of drug-likeness (QED) is 0.833. The molecule has 0 saturated carbocycles. The number of hydrogen-bond acceptors (Lipinski definition) is 2. The maximum Gasteiger partial charge on any atom is 0.125 e. The van der Waals surface area contributed by atoms with Crippen molar-refractivity contribution in [1.29, 1.82) is 0 Å². The molecule has 1 heterocycles. The second kappa shape index (κ2) is 4.35. The van der Waals surface area contributed by atoms with E-state index in [0.717, 1.165) is 16.9 Å². The third-order valence-corrected chi connectivity index (χ3v) is 2.56. The van der Waals surface area contributed by atoms with Crippen LogP contribution in [-0.2, 0) is 0 Å². The van der Waals surface area contributed by atoms with Gasteiger partial charge in [-0.05, 0) is 37.6 Å². The summed E-state index contributed by atoms with van der Waals surface area (Å²) in [5.74, 6) is -0.232. The molecule has 2 rings (SSSR count). The Balaban J connectivity index is 2.17. The van der Waals surface area contributed by atoms with Crippen LogP contribution in [0.1, 0.15) is 24.2 Å². The molecule has 0 spiro atoms. The first-order valence-corrected chi connectivity index (χ1v) is 5.19. The molecule has 0 saturated heterocycles. The van der Waals surface area contributed by atoms with E-state index in [4.69, 9.17) is 0 Å². The van der Waals surface area contributed by atoms with Crippen molar-refractivity contribution in [2.24, 2.45) is 0 Å². The Hall–Kier alpha value is -1.84. The lowest BCUT2D eigenvalue weighted by Crippen LogP contribution is -2.08. The normalized spacial score (nSPS) is 12.4. The zero-order chi connectivity index (χ0) is 11.5. The third-order valence-electron chi connectivity index (χ3n) is 2.56. The number of hydrogen-bond donors (Lipinski definition) is 2. The van der Waals surface area contributed by atoms with E-state index in [2.05, 4.69) is 15.5 Å². The molecule has 3 nitrogen and oxygen atoms in total. The Morgan fingerprint density at radius 1 is 1.38 bits per heavy atom. The fourth-order valence-corrected chi connectivity index (χ4v) is 1.57. The largest absolute Gasteiger partial charge is 0.377 e. The van der Waals surface area contributed by atoms with Gasteiger partial charge in [0.05, 0.1) is 11.7 Å². The summed E-state index contributed by atoms with van der Waals surface area (Å²) in [6.07, 6.45) is 1.70. The molecular formula is C12H14FN3. The lowest BCUT2D eigenvalue weighted by atomic mass is 10.1. The summed E-state index contributed by atoms with van der Waals surface area (Å²) < 4.78 is 13.1. The number of benzene rings is 1. The number of halogens is 1. The van der Waals surface area contributed by atoms with Crippen molar-refractivity contribution in [3.63, 3.8) is 0 Å². The first-order chi connectivity index (χ1) is 7.66. The van der Waals surface area contributed by atoms with Gasteiger partial charge in [-0.3, -0.25) is 5.10 Å². The van der Waals surface area contributed by atoms with Crippen molar-refractivity contribution < 1.29 is 4.39 Å². The van der Waals surface area contributed by atoms with Gasteiger partial charge >= 0.3 is 0 Å². The van der Waals surface area contributed by atoms with E-state index in [9.17, 15) is 4.39 Å². The number of aromatic amines is 1. The van der Waals surface area contributed by atoms with Crippen LogP contribution in [0.25, 0.3) is 0 Å². The third kappa shape index (κ3) is 2.21. The molecule has 0 bridgehead atoms. The molecule has 0 radical (unpaired) electrons. The minimum atomic E-state index is -0.232. The topological polar surface area (TPSA) is 40.7 Å². The number of aromatic nitrogens is 2. The monoisotopic (exact) mass is 219 g/mol. The Bertz CT molecular complexity index is 465. The van der Waals surface area contributed by atoms with Crippen LogP contribution >= 0.6 is 0 Å². The van der Waals surface area contributed by atoms with Crippen LogP contribution < -0.4 is 5.32 Å². The molecular weight excluding hydrogens is 205 g/mol. The highest BCUT2D eigenvalue weighted by Crippen LogP contribution is 2.21. The highest BCUT2D eigenvalue weighted by Gasteiger charge is 2.08. The minimum Gasteiger partial charge on any atom is -0.377 e. The van der Waals surface area contributed by atoms with E-state index in [1.807, 2.05) is 19.9 Å². The molecule has 16 heavy (non-hydrogen) atoms. The summed E-state index contributed by atoms with van der Waals surface area (Å²) in [5.41, 5.74) is 2.80. The van der Waals surface area contributed by atoms with Gasteiger partial charge in [-0.2, -0.15) is 5.10 Å². The Labute approximate surface area is 93.7 Å². The molecule has 84 valence electrons. The SMILES string of the molecule is Cc1ccc(F)cc1NC(C)c1ccn[nH]1. The number of H-pyrrole nitrogens is 1. The molecule has 0 aliphatic heterocycles. The van der Waals surface area contributed by atoms with E-state index in [1.165, 1.54) is 12.1 Å². The van der Waals surface area contributed by atoms with Crippen molar-refractivity contribution in [3.05, 3.63) is 47.5 Å². The predicted octanol–water partition coefficient (Wildman–Crippen LogP) is 3.03. The number of nitrogens with one attached hydrogen (secondary N) is 2. The number of nitrogens with zero attached hydrogens (tertiary/aromatic N) is 1. The van der Waals surface area contributed by atoms with Crippen LogP contribution in [0, 0.1) is 12.7 Å². The van der Waals surface area contributed by atoms with E-state index in [0.29, 0.717) is 0 Å². The fourth-order valence-electron chi connectivity index (χ4n) is 1.57.